The fourth-order valence-electron chi connectivity index (χ4n) is 1.52. The average Bonchev–Trinajstić information content (AvgIpc) is 2.88. The van der Waals surface area contributed by atoms with Gasteiger partial charge in [-0.3, -0.25) is 4.79 Å². The van der Waals surface area contributed by atoms with Gasteiger partial charge >= 0.3 is 12.1 Å². The second-order valence-corrected chi connectivity index (χ2v) is 5.39. The number of benzene rings is 1. The number of rotatable bonds is 2. The van der Waals surface area contributed by atoms with E-state index in [0.717, 1.165) is 10.0 Å². The van der Waals surface area contributed by atoms with Gasteiger partial charge in [0.25, 0.3) is 0 Å². The predicted octanol–water partition coefficient (Wildman–Crippen LogP) is 3.48. The number of hydrogen-bond donors (Lipinski definition) is 0. The van der Waals surface area contributed by atoms with Crippen molar-refractivity contribution in [2.45, 2.75) is 13.8 Å². The average molecular weight is 337 g/mol. The quantitative estimate of drug-likeness (QED) is 0.622. The van der Waals surface area contributed by atoms with Gasteiger partial charge in [0.15, 0.2) is 0 Å². The number of esters is 1. The van der Waals surface area contributed by atoms with Crippen molar-refractivity contribution in [3.8, 4) is 11.4 Å². The molecule has 2 aromatic rings. The zero-order chi connectivity index (χ0) is 14.7. The Kier molecular flexibility index (Phi) is 4.34. The van der Waals surface area contributed by atoms with Gasteiger partial charge in [0.05, 0.1) is 5.92 Å². The second kappa shape index (κ2) is 6.00. The standard InChI is InChI=1S/C14H13BrN2O3/c1-9(2)13(18)20-14(19)17-8-7-16-12(17)10-3-5-11(15)6-4-10/h3-9H,1-2H3. The monoisotopic (exact) mass is 336 g/mol. The second-order valence-electron chi connectivity index (χ2n) is 4.47. The highest BCUT2D eigenvalue weighted by molar-refractivity contribution is 9.10. The molecule has 0 saturated carbocycles. The summed E-state index contributed by atoms with van der Waals surface area (Å²) in [4.78, 5) is 27.5. The maximum atomic E-state index is 12.0. The molecule has 0 fully saturated rings. The summed E-state index contributed by atoms with van der Waals surface area (Å²) < 4.78 is 6.92. The van der Waals surface area contributed by atoms with Crippen LogP contribution in [-0.2, 0) is 9.53 Å². The van der Waals surface area contributed by atoms with Crippen molar-refractivity contribution in [1.29, 1.82) is 0 Å². The zero-order valence-corrected chi connectivity index (χ0v) is 12.6. The van der Waals surface area contributed by atoms with Crippen molar-refractivity contribution in [1.82, 2.24) is 9.55 Å². The van der Waals surface area contributed by atoms with Gasteiger partial charge in [-0.15, -0.1) is 0 Å². The molecule has 0 bridgehead atoms. The molecule has 5 nitrogen and oxygen atoms in total. The van der Waals surface area contributed by atoms with Gasteiger partial charge in [-0.25, -0.2) is 14.3 Å². The number of carbonyl (C=O) groups is 2. The largest absolute Gasteiger partial charge is 0.427 e. The minimum atomic E-state index is -0.751. The van der Waals surface area contributed by atoms with Crippen LogP contribution in [0.15, 0.2) is 41.1 Å². The highest BCUT2D eigenvalue weighted by Crippen LogP contribution is 2.20. The van der Waals surface area contributed by atoms with E-state index < -0.39 is 12.1 Å². The van der Waals surface area contributed by atoms with Crippen LogP contribution in [0.5, 0.6) is 0 Å². The molecule has 1 aromatic carbocycles. The summed E-state index contributed by atoms with van der Waals surface area (Å²) in [5, 5.41) is 0. The van der Waals surface area contributed by atoms with Gasteiger partial charge in [-0.2, -0.15) is 0 Å². The number of aromatic nitrogens is 2. The van der Waals surface area contributed by atoms with Gasteiger partial charge in [-0.1, -0.05) is 41.9 Å². The topological polar surface area (TPSA) is 61.2 Å². The SMILES string of the molecule is CC(C)C(=O)OC(=O)n1ccnc1-c1ccc(Br)cc1. The fourth-order valence-corrected chi connectivity index (χ4v) is 1.78. The third-order valence-electron chi connectivity index (χ3n) is 2.60. The molecule has 0 aliphatic heterocycles. The van der Waals surface area contributed by atoms with E-state index >= 15 is 0 Å². The van der Waals surface area contributed by atoms with E-state index in [0.29, 0.717) is 5.82 Å². The molecular weight excluding hydrogens is 324 g/mol. The maximum absolute atomic E-state index is 12.0. The van der Waals surface area contributed by atoms with E-state index in [2.05, 4.69) is 20.9 Å². The van der Waals surface area contributed by atoms with E-state index in [1.807, 2.05) is 24.3 Å². The van der Waals surface area contributed by atoms with Crippen LogP contribution < -0.4 is 0 Å². The molecule has 0 N–H and O–H groups in total. The summed E-state index contributed by atoms with van der Waals surface area (Å²) >= 11 is 3.34. The molecule has 0 spiro atoms. The third kappa shape index (κ3) is 3.14. The molecule has 0 amide bonds. The Bertz CT molecular complexity index is 632. The van der Waals surface area contributed by atoms with Crippen LogP contribution in [-0.4, -0.2) is 21.6 Å². The molecule has 0 saturated heterocycles. The summed E-state index contributed by atoms with van der Waals surface area (Å²) in [6.45, 7) is 3.33. The number of ether oxygens (including phenoxy) is 1. The van der Waals surface area contributed by atoms with Gasteiger partial charge < -0.3 is 4.74 Å². The van der Waals surface area contributed by atoms with E-state index in [1.165, 1.54) is 17.0 Å². The van der Waals surface area contributed by atoms with Crippen LogP contribution in [0.1, 0.15) is 13.8 Å². The van der Waals surface area contributed by atoms with Crippen LogP contribution in [0.2, 0.25) is 0 Å². The molecule has 1 heterocycles. The Labute approximate surface area is 124 Å². The smallest absolute Gasteiger partial charge is 0.375 e. The molecule has 2 rings (SSSR count). The summed E-state index contributed by atoms with van der Waals surface area (Å²) in [5.74, 6) is -0.497. The van der Waals surface area contributed by atoms with Gasteiger partial charge in [-0.05, 0) is 12.1 Å². The molecule has 20 heavy (non-hydrogen) atoms. The van der Waals surface area contributed by atoms with Gasteiger partial charge in [0.1, 0.15) is 5.82 Å². The molecule has 0 unspecified atom stereocenters. The van der Waals surface area contributed by atoms with Crippen molar-refractivity contribution in [3.63, 3.8) is 0 Å². The van der Waals surface area contributed by atoms with Crippen molar-refractivity contribution < 1.29 is 14.3 Å². The lowest BCUT2D eigenvalue weighted by Crippen LogP contribution is -2.21. The molecule has 6 heteroatoms. The number of carbonyl (C=O) groups excluding carboxylic acids is 2. The lowest BCUT2D eigenvalue weighted by Gasteiger charge is -2.08. The normalized spacial score (nSPS) is 10.6. The summed E-state index contributed by atoms with van der Waals surface area (Å²) in [7, 11) is 0. The van der Waals surface area contributed by atoms with Crippen molar-refractivity contribution >= 4 is 28.0 Å². The Morgan fingerprint density at radius 2 is 1.90 bits per heavy atom. The van der Waals surface area contributed by atoms with E-state index in [-0.39, 0.29) is 5.92 Å². The first-order chi connectivity index (χ1) is 9.49. The van der Waals surface area contributed by atoms with E-state index in [9.17, 15) is 9.59 Å². The van der Waals surface area contributed by atoms with Crippen molar-refractivity contribution in [2.75, 3.05) is 0 Å². The van der Waals surface area contributed by atoms with E-state index in [4.69, 9.17) is 4.74 Å². The minimum absolute atomic E-state index is 0.362. The number of hydrogen-bond acceptors (Lipinski definition) is 4. The Balaban J connectivity index is 2.26. The maximum Gasteiger partial charge on any atom is 0.427 e. The van der Waals surface area contributed by atoms with Crippen LogP contribution in [0, 0.1) is 5.92 Å². The van der Waals surface area contributed by atoms with Crippen molar-refractivity contribution in [3.05, 3.63) is 41.1 Å². The molecule has 0 aliphatic rings. The summed E-state index contributed by atoms with van der Waals surface area (Å²) in [5.41, 5.74) is 0.757. The fraction of sp³-hybridized carbons (Fsp3) is 0.214. The summed E-state index contributed by atoms with van der Waals surface area (Å²) in [6.07, 6.45) is 2.20. The number of nitrogens with zero attached hydrogens (tertiary/aromatic N) is 2. The minimum Gasteiger partial charge on any atom is -0.375 e. The molecule has 1 aromatic heterocycles. The molecule has 104 valence electrons. The first kappa shape index (κ1) is 14.5. The van der Waals surface area contributed by atoms with E-state index in [1.54, 1.807) is 13.8 Å². The number of imidazole rings is 1. The zero-order valence-electron chi connectivity index (χ0n) is 11.0. The van der Waals surface area contributed by atoms with Gasteiger partial charge in [0, 0.05) is 22.4 Å². The molecule has 0 radical (unpaired) electrons. The Morgan fingerprint density at radius 1 is 1.25 bits per heavy atom. The van der Waals surface area contributed by atoms with Gasteiger partial charge in [0.2, 0.25) is 0 Å². The number of halogens is 1. The lowest BCUT2D eigenvalue weighted by atomic mass is 10.2. The third-order valence-corrected chi connectivity index (χ3v) is 3.13. The Morgan fingerprint density at radius 3 is 2.50 bits per heavy atom. The first-order valence-electron chi connectivity index (χ1n) is 6.04. The molecular formula is C14H13BrN2O3. The lowest BCUT2D eigenvalue weighted by molar-refractivity contribution is -0.140. The molecule has 0 aliphatic carbocycles. The summed E-state index contributed by atoms with van der Waals surface area (Å²) in [6, 6.07) is 7.33. The van der Waals surface area contributed by atoms with Crippen LogP contribution in [0.25, 0.3) is 11.4 Å². The van der Waals surface area contributed by atoms with Crippen LogP contribution in [0.4, 0.5) is 4.79 Å². The Hall–Kier alpha value is -1.95. The predicted molar refractivity (Wildman–Crippen MR) is 77.1 cm³/mol. The van der Waals surface area contributed by atoms with Crippen LogP contribution in [0.3, 0.4) is 0 Å². The van der Waals surface area contributed by atoms with Crippen molar-refractivity contribution in [2.24, 2.45) is 5.92 Å². The first-order valence-corrected chi connectivity index (χ1v) is 6.83. The van der Waals surface area contributed by atoms with Crippen LogP contribution >= 0.6 is 15.9 Å². The highest BCUT2D eigenvalue weighted by Gasteiger charge is 2.18. The highest BCUT2D eigenvalue weighted by atomic mass is 79.9. The molecule has 0 atom stereocenters.